The Labute approximate surface area is 152 Å². The third-order valence-electron chi connectivity index (χ3n) is 3.40. The highest BCUT2D eigenvalue weighted by Crippen LogP contribution is 2.32. The van der Waals surface area contributed by atoms with Crippen LogP contribution in [0.4, 0.5) is 5.69 Å². The van der Waals surface area contributed by atoms with Gasteiger partial charge in [-0.1, -0.05) is 35.3 Å². The zero-order valence-corrected chi connectivity index (χ0v) is 14.1. The number of carbonyl (C=O) groups is 2. The van der Waals surface area contributed by atoms with Gasteiger partial charge in [-0.05, 0) is 48.0 Å². The molecule has 0 spiro atoms. The van der Waals surface area contributed by atoms with Gasteiger partial charge in [0.25, 0.3) is 5.91 Å². The van der Waals surface area contributed by atoms with Crippen molar-refractivity contribution >= 4 is 40.8 Å². The zero-order valence-electron chi connectivity index (χ0n) is 12.6. The molecule has 0 aliphatic carbocycles. The highest BCUT2D eigenvalue weighted by atomic mass is 35.5. The first-order valence-corrected chi connectivity index (χ1v) is 7.87. The summed E-state index contributed by atoms with van der Waals surface area (Å²) < 4.78 is 5.54. The molecule has 0 atom stereocenters. The lowest BCUT2D eigenvalue weighted by Gasteiger charge is -2.06. The highest BCUT2D eigenvalue weighted by molar-refractivity contribution is 6.35. The second-order valence-corrected chi connectivity index (χ2v) is 5.95. The van der Waals surface area contributed by atoms with E-state index in [1.54, 1.807) is 24.3 Å². The molecule has 0 aliphatic rings. The number of carboxylic acids is 1. The number of carboxylic acid groups (broad SMARTS) is 1. The van der Waals surface area contributed by atoms with Crippen LogP contribution in [0.25, 0.3) is 11.3 Å². The van der Waals surface area contributed by atoms with E-state index in [-0.39, 0.29) is 11.3 Å². The first-order chi connectivity index (χ1) is 11.9. The molecule has 0 saturated heterocycles. The molecule has 0 unspecified atom stereocenters. The van der Waals surface area contributed by atoms with Crippen molar-refractivity contribution in [2.75, 3.05) is 5.32 Å². The highest BCUT2D eigenvalue weighted by Gasteiger charge is 2.14. The van der Waals surface area contributed by atoms with Gasteiger partial charge in [-0.2, -0.15) is 0 Å². The van der Waals surface area contributed by atoms with Gasteiger partial charge in [-0.3, -0.25) is 4.79 Å². The van der Waals surface area contributed by atoms with E-state index in [1.807, 2.05) is 0 Å². The summed E-state index contributed by atoms with van der Waals surface area (Å²) in [5.41, 5.74) is 1.02. The van der Waals surface area contributed by atoms with Gasteiger partial charge in [-0.25, -0.2) is 0 Å². The third-order valence-corrected chi connectivity index (χ3v) is 3.97. The van der Waals surface area contributed by atoms with Crippen molar-refractivity contribution < 1.29 is 19.1 Å². The molecule has 3 rings (SSSR count). The number of benzene rings is 2. The standard InChI is InChI=1S/C18H11Cl2NO4/c19-11-3-6-14(20)13(9-11)15-7-8-16(25-15)17(22)21-12-4-1-10(2-5-12)18(23)24/h1-9H,(H,21,22)(H,23,24)/p-1. The van der Waals surface area contributed by atoms with E-state index < -0.39 is 11.9 Å². The van der Waals surface area contributed by atoms with Crippen LogP contribution in [-0.4, -0.2) is 11.9 Å². The molecular weight excluding hydrogens is 365 g/mol. The largest absolute Gasteiger partial charge is 0.545 e. The lowest BCUT2D eigenvalue weighted by Crippen LogP contribution is -2.22. The summed E-state index contributed by atoms with van der Waals surface area (Å²) >= 11 is 12.1. The van der Waals surface area contributed by atoms with Crippen LogP contribution in [0.1, 0.15) is 20.9 Å². The zero-order chi connectivity index (χ0) is 18.0. The third kappa shape index (κ3) is 3.84. The van der Waals surface area contributed by atoms with E-state index in [9.17, 15) is 14.7 Å². The molecule has 0 saturated carbocycles. The number of aromatic carboxylic acids is 1. The maximum Gasteiger partial charge on any atom is 0.291 e. The molecule has 2 aromatic carbocycles. The fraction of sp³-hybridized carbons (Fsp3) is 0. The molecule has 0 fully saturated rings. The fourth-order valence-corrected chi connectivity index (χ4v) is 2.56. The Morgan fingerprint density at radius 1 is 0.960 bits per heavy atom. The Bertz CT molecular complexity index is 948. The molecule has 0 radical (unpaired) electrons. The summed E-state index contributed by atoms with van der Waals surface area (Å²) in [5, 5.41) is 14.3. The summed E-state index contributed by atoms with van der Waals surface area (Å²) in [5.74, 6) is -1.28. The topological polar surface area (TPSA) is 82.4 Å². The molecule has 0 bridgehead atoms. The smallest absolute Gasteiger partial charge is 0.291 e. The van der Waals surface area contributed by atoms with Crippen LogP contribution in [-0.2, 0) is 0 Å². The van der Waals surface area contributed by atoms with E-state index >= 15 is 0 Å². The van der Waals surface area contributed by atoms with Crippen molar-refractivity contribution in [1.29, 1.82) is 0 Å². The minimum Gasteiger partial charge on any atom is -0.545 e. The van der Waals surface area contributed by atoms with Crippen LogP contribution in [0.15, 0.2) is 59.0 Å². The number of carbonyl (C=O) groups excluding carboxylic acids is 2. The molecule has 5 nitrogen and oxygen atoms in total. The number of halogens is 2. The van der Waals surface area contributed by atoms with Gasteiger partial charge in [0.05, 0.1) is 11.0 Å². The number of nitrogens with one attached hydrogen (secondary N) is 1. The predicted octanol–water partition coefficient (Wildman–Crippen LogP) is 3.87. The van der Waals surface area contributed by atoms with Crippen LogP contribution < -0.4 is 10.4 Å². The number of amides is 1. The van der Waals surface area contributed by atoms with Gasteiger partial charge < -0.3 is 19.6 Å². The number of rotatable bonds is 4. The van der Waals surface area contributed by atoms with Crippen LogP contribution in [0.2, 0.25) is 10.0 Å². The molecule has 1 N–H and O–H groups in total. The summed E-state index contributed by atoms with van der Waals surface area (Å²) in [7, 11) is 0. The lowest BCUT2D eigenvalue weighted by molar-refractivity contribution is -0.255. The second-order valence-electron chi connectivity index (χ2n) is 5.11. The molecule has 126 valence electrons. The molecule has 1 aromatic heterocycles. The van der Waals surface area contributed by atoms with Crippen molar-refractivity contribution in [2.24, 2.45) is 0 Å². The predicted molar refractivity (Wildman–Crippen MR) is 92.9 cm³/mol. The Morgan fingerprint density at radius 2 is 1.68 bits per heavy atom. The minimum atomic E-state index is -1.29. The molecule has 25 heavy (non-hydrogen) atoms. The molecular formula is C18H10Cl2NO4-. The Morgan fingerprint density at radius 3 is 2.36 bits per heavy atom. The van der Waals surface area contributed by atoms with Crippen LogP contribution in [0.3, 0.4) is 0 Å². The van der Waals surface area contributed by atoms with Crippen molar-refractivity contribution in [2.45, 2.75) is 0 Å². The summed E-state index contributed by atoms with van der Waals surface area (Å²) in [6.07, 6.45) is 0. The van der Waals surface area contributed by atoms with Crippen molar-refractivity contribution in [3.8, 4) is 11.3 Å². The van der Waals surface area contributed by atoms with Gasteiger partial charge in [0.1, 0.15) is 5.76 Å². The van der Waals surface area contributed by atoms with Crippen LogP contribution in [0, 0.1) is 0 Å². The molecule has 1 heterocycles. The summed E-state index contributed by atoms with van der Waals surface area (Å²) in [4.78, 5) is 22.9. The minimum absolute atomic E-state index is 0.0221. The van der Waals surface area contributed by atoms with Crippen molar-refractivity contribution in [3.63, 3.8) is 0 Å². The lowest BCUT2D eigenvalue weighted by atomic mass is 10.2. The second kappa shape index (κ2) is 7.01. The first-order valence-electron chi connectivity index (χ1n) is 7.12. The van der Waals surface area contributed by atoms with Gasteiger partial charge in [-0.15, -0.1) is 0 Å². The van der Waals surface area contributed by atoms with E-state index in [4.69, 9.17) is 27.6 Å². The summed E-state index contributed by atoms with van der Waals surface area (Å²) in [6, 6.07) is 13.7. The quantitative estimate of drug-likeness (QED) is 0.751. The number of hydrogen-bond donors (Lipinski definition) is 1. The molecule has 1 amide bonds. The van der Waals surface area contributed by atoms with E-state index in [0.717, 1.165) is 0 Å². The number of anilines is 1. The first kappa shape index (κ1) is 17.1. The molecule has 7 heteroatoms. The van der Waals surface area contributed by atoms with E-state index in [1.165, 1.54) is 30.3 Å². The molecule has 3 aromatic rings. The SMILES string of the molecule is O=C([O-])c1ccc(NC(=O)c2ccc(-c3cc(Cl)ccc3Cl)o2)cc1. The van der Waals surface area contributed by atoms with Gasteiger partial charge in [0.2, 0.25) is 0 Å². The average Bonchev–Trinajstić information content (AvgIpc) is 3.07. The molecule has 0 aliphatic heterocycles. The maximum absolute atomic E-state index is 12.2. The van der Waals surface area contributed by atoms with Gasteiger partial charge >= 0.3 is 0 Å². The van der Waals surface area contributed by atoms with E-state index in [0.29, 0.717) is 27.1 Å². The van der Waals surface area contributed by atoms with Crippen LogP contribution >= 0.6 is 23.2 Å². The Kier molecular flexibility index (Phi) is 4.79. The normalized spacial score (nSPS) is 10.5. The monoisotopic (exact) mass is 374 g/mol. The fourth-order valence-electron chi connectivity index (χ4n) is 2.17. The number of furan rings is 1. The average molecular weight is 375 g/mol. The number of hydrogen-bond acceptors (Lipinski definition) is 4. The van der Waals surface area contributed by atoms with E-state index in [2.05, 4.69) is 5.32 Å². The van der Waals surface area contributed by atoms with Crippen molar-refractivity contribution in [3.05, 3.63) is 76.0 Å². The maximum atomic E-state index is 12.2. The Hall–Kier alpha value is -2.76. The van der Waals surface area contributed by atoms with Gasteiger partial charge in [0, 0.05) is 16.3 Å². The van der Waals surface area contributed by atoms with Gasteiger partial charge in [0.15, 0.2) is 5.76 Å². The Balaban J connectivity index is 1.78. The van der Waals surface area contributed by atoms with Crippen LogP contribution in [0.5, 0.6) is 0 Å². The van der Waals surface area contributed by atoms with Crippen molar-refractivity contribution in [1.82, 2.24) is 0 Å². The summed E-state index contributed by atoms with van der Waals surface area (Å²) in [6.45, 7) is 0.